The lowest BCUT2D eigenvalue weighted by atomic mass is 9.49. The van der Waals surface area contributed by atoms with Crippen LogP contribution in [-0.2, 0) is 14.4 Å². The Kier molecular flexibility index (Phi) is 17.5. The predicted octanol–water partition coefficient (Wildman–Crippen LogP) is 6.20. The first-order valence-electron chi connectivity index (χ1n) is 27.1. The van der Waals surface area contributed by atoms with Crippen LogP contribution in [0.5, 0.6) is 5.75 Å². The average molecular weight is 1070 g/mol. The van der Waals surface area contributed by atoms with Gasteiger partial charge in [-0.05, 0) is 80.2 Å². The first kappa shape index (κ1) is 56.8. The van der Waals surface area contributed by atoms with Crippen molar-refractivity contribution in [2.45, 2.75) is 112 Å². The maximum absolute atomic E-state index is 14.3. The highest BCUT2D eigenvalue weighted by Gasteiger charge is 2.64. The zero-order chi connectivity index (χ0) is 55.4. The van der Waals surface area contributed by atoms with E-state index in [1.165, 1.54) is 4.90 Å². The molecule has 4 fully saturated rings. The van der Waals surface area contributed by atoms with Crippen molar-refractivity contribution in [1.29, 1.82) is 10.5 Å². The summed E-state index contributed by atoms with van der Waals surface area (Å²) in [6.07, 6.45) is 2.09. The second kappa shape index (κ2) is 23.7. The van der Waals surface area contributed by atoms with Crippen LogP contribution in [0.2, 0.25) is 0 Å². The Labute approximate surface area is 459 Å². The Hall–Kier alpha value is -6.41. The monoisotopic (exact) mass is 1070 g/mol. The number of aliphatic hydroxyl groups excluding tert-OH is 1. The minimum absolute atomic E-state index is 0.0215. The number of β-amino-alcohol motifs (C(OH)–C–C–N with tert-alkyl or cyclic N) is 1. The van der Waals surface area contributed by atoms with Gasteiger partial charge in [-0.1, -0.05) is 79.3 Å². The van der Waals surface area contributed by atoms with Crippen LogP contribution in [0.25, 0.3) is 16.1 Å². The fraction of sp³-hybridized carbons (Fsp3) is 0.542. The smallest absolute Gasteiger partial charge is 0.246 e. The average Bonchev–Trinajstić information content (AvgIpc) is 4.11. The molecule has 1 saturated carbocycles. The summed E-state index contributed by atoms with van der Waals surface area (Å²) in [5.41, 5.74) is 6.00. The lowest BCUT2D eigenvalue weighted by molar-refractivity contribution is -0.163. The van der Waals surface area contributed by atoms with Gasteiger partial charge in [0.2, 0.25) is 17.7 Å². The van der Waals surface area contributed by atoms with E-state index >= 15 is 0 Å². The number of anilines is 1. The summed E-state index contributed by atoms with van der Waals surface area (Å²) in [6, 6.07) is 19.4. The van der Waals surface area contributed by atoms with Crippen molar-refractivity contribution < 1.29 is 24.2 Å². The molecular formula is C59H78N12O5S. The van der Waals surface area contributed by atoms with Gasteiger partial charge in [-0.15, -0.1) is 11.3 Å². The highest BCUT2D eigenvalue weighted by Crippen LogP contribution is 2.56. The van der Waals surface area contributed by atoms with E-state index in [9.17, 15) is 30.0 Å². The molecule has 4 N–H and O–H groups in total. The summed E-state index contributed by atoms with van der Waals surface area (Å²) in [5.74, 6) is 0.600. The van der Waals surface area contributed by atoms with E-state index in [-0.39, 0.29) is 66.2 Å². The molecule has 1 aliphatic carbocycles. The minimum Gasteiger partial charge on any atom is -0.489 e. The van der Waals surface area contributed by atoms with Crippen LogP contribution in [0, 0.1) is 45.8 Å². The molecular weight excluding hydrogens is 989 g/mol. The molecule has 8 rings (SSSR count). The first-order valence-corrected chi connectivity index (χ1v) is 28.0. The summed E-state index contributed by atoms with van der Waals surface area (Å²) in [7, 11) is 0. The Morgan fingerprint density at radius 2 is 1.51 bits per heavy atom. The SMILES string of the molecule is C=C(NC1C(C)(C)C(Oc2ccc(C#N)c(C#N)c2)C1(C)C)c1ccc(N2CCN(CCCN3CCN(CC(=O)N[C@H](C(=O)N4C[C@H](O)C[C@H]4C(=O)N[C@@H](C)c4ccc(-c5scnc5C)cc4)C(C)(C)C)CC3)CC2)nc1. The van der Waals surface area contributed by atoms with E-state index in [1.54, 1.807) is 29.5 Å². The Balaban J connectivity index is 0.729. The number of ether oxygens (including phenoxy) is 1. The number of pyridine rings is 1. The molecule has 3 saturated heterocycles. The summed E-state index contributed by atoms with van der Waals surface area (Å²) < 4.78 is 6.47. The maximum atomic E-state index is 14.3. The third-order valence-electron chi connectivity index (χ3n) is 16.3. The molecule has 17 nitrogen and oxygen atoms in total. The van der Waals surface area contributed by atoms with Gasteiger partial charge in [-0.2, -0.15) is 10.5 Å². The second-order valence-corrected chi connectivity index (χ2v) is 24.6. The number of amides is 3. The van der Waals surface area contributed by atoms with Crippen molar-refractivity contribution in [3.05, 3.63) is 101 Å². The molecule has 3 aliphatic heterocycles. The molecule has 0 unspecified atom stereocenters. The number of piperazine rings is 2. The molecule has 410 valence electrons. The van der Waals surface area contributed by atoms with Crippen LogP contribution < -0.4 is 25.6 Å². The predicted molar refractivity (Wildman–Crippen MR) is 301 cm³/mol. The number of thiazole rings is 1. The van der Waals surface area contributed by atoms with Gasteiger partial charge in [0.25, 0.3) is 0 Å². The summed E-state index contributed by atoms with van der Waals surface area (Å²) in [4.78, 5) is 62.9. The molecule has 0 radical (unpaired) electrons. The van der Waals surface area contributed by atoms with Crippen molar-refractivity contribution in [3.8, 4) is 28.3 Å². The van der Waals surface area contributed by atoms with Crippen molar-refractivity contribution in [3.63, 3.8) is 0 Å². The number of hydrogen-bond donors (Lipinski definition) is 4. The molecule has 3 amide bonds. The van der Waals surface area contributed by atoms with Crippen LogP contribution in [0.15, 0.2) is 72.9 Å². The summed E-state index contributed by atoms with van der Waals surface area (Å²) in [5, 5.41) is 39.4. The van der Waals surface area contributed by atoms with Crippen LogP contribution in [0.4, 0.5) is 5.82 Å². The number of nitrogens with zero attached hydrogens (tertiary/aromatic N) is 9. The number of carbonyl (C=O) groups is 3. The first-order chi connectivity index (χ1) is 36.6. The second-order valence-electron chi connectivity index (χ2n) is 23.7. The molecule has 0 spiro atoms. The number of rotatable bonds is 18. The van der Waals surface area contributed by atoms with Gasteiger partial charge in [-0.25, -0.2) is 9.97 Å². The van der Waals surface area contributed by atoms with Crippen molar-refractivity contribution in [2.75, 3.05) is 83.4 Å². The van der Waals surface area contributed by atoms with Gasteiger partial charge in [-0.3, -0.25) is 24.2 Å². The van der Waals surface area contributed by atoms with E-state index in [2.05, 4.69) is 99.1 Å². The molecule has 4 aromatic rings. The third-order valence-corrected chi connectivity index (χ3v) is 17.3. The minimum atomic E-state index is -0.885. The zero-order valence-corrected chi connectivity index (χ0v) is 47.3. The standard InChI is InChI=1S/C59H78N12O5S/c1-38(41-12-14-42(15-13-41)51-40(3)63-37-77-51)64-53(74)48-31-46(72)35-71(48)54(75)52(57(4,5)6)66-50(73)36-69-24-22-67(23-25-69)20-11-21-68-26-28-70(29-27-68)49-19-17-44(34-62-49)39(2)65-55-58(7,8)56(59(55,9)10)76-47-18-16-43(32-60)45(30-47)33-61/h12-19,30,34,37-38,46,48,52,55-56,65,72H,2,11,20-29,31,35-36H2,1,3-10H3,(H,64,74)(H,66,73)/t38-,46+,48-,52+,55?,56?/m0/s1. The zero-order valence-electron chi connectivity index (χ0n) is 46.4. The van der Waals surface area contributed by atoms with Gasteiger partial charge >= 0.3 is 0 Å². The van der Waals surface area contributed by atoms with Gasteiger partial charge in [0, 0.05) is 99.7 Å². The van der Waals surface area contributed by atoms with E-state index in [4.69, 9.17) is 9.72 Å². The molecule has 4 aliphatic rings. The van der Waals surface area contributed by atoms with Crippen molar-refractivity contribution in [2.24, 2.45) is 16.2 Å². The highest BCUT2D eigenvalue weighted by atomic mass is 32.1. The number of aromatic nitrogens is 2. The van der Waals surface area contributed by atoms with Crippen molar-refractivity contribution >= 4 is 40.6 Å². The van der Waals surface area contributed by atoms with Crippen LogP contribution in [-0.4, -0.2) is 161 Å². The lowest BCUT2D eigenvalue weighted by Gasteiger charge is -2.63. The number of aryl methyl sites for hydroxylation is 1. The Morgan fingerprint density at radius 1 is 0.870 bits per heavy atom. The molecule has 77 heavy (non-hydrogen) atoms. The van der Waals surface area contributed by atoms with Crippen LogP contribution in [0.1, 0.15) is 102 Å². The molecule has 2 aromatic carbocycles. The Morgan fingerprint density at radius 3 is 2.09 bits per heavy atom. The molecule has 18 heteroatoms. The fourth-order valence-corrected chi connectivity index (χ4v) is 12.9. The van der Waals surface area contributed by atoms with Gasteiger partial charge in [0.05, 0.1) is 45.9 Å². The number of nitrogens with one attached hydrogen (secondary N) is 3. The van der Waals surface area contributed by atoms with E-state index in [0.717, 1.165) is 111 Å². The number of nitriles is 2. The third kappa shape index (κ3) is 13.0. The number of carbonyl (C=O) groups excluding carboxylic acids is 3. The molecule has 0 bridgehead atoms. The van der Waals surface area contributed by atoms with E-state index in [0.29, 0.717) is 16.9 Å². The van der Waals surface area contributed by atoms with Gasteiger partial charge in [0.1, 0.15) is 41.9 Å². The number of benzene rings is 2. The van der Waals surface area contributed by atoms with Crippen LogP contribution in [0.3, 0.4) is 0 Å². The quantitative estimate of drug-likeness (QED) is 0.0877. The number of likely N-dealkylation sites (tertiary alicyclic amines) is 1. The molecule has 2 aromatic heterocycles. The Bertz CT molecular complexity index is 2820. The fourth-order valence-electron chi connectivity index (χ4n) is 12.0. The topological polar surface area (TPSA) is 206 Å². The normalized spacial score (nSPS) is 22.4. The highest BCUT2D eigenvalue weighted by molar-refractivity contribution is 7.13. The maximum Gasteiger partial charge on any atom is 0.246 e. The number of hydrogen-bond acceptors (Lipinski definition) is 15. The van der Waals surface area contributed by atoms with Gasteiger partial charge in [0.15, 0.2) is 0 Å². The molecule has 5 heterocycles. The van der Waals surface area contributed by atoms with E-state index in [1.807, 2.05) is 70.6 Å². The lowest BCUT2D eigenvalue weighted by Crippen LogP contribution is -2.73. The van der Waals surface area contributed by atoms with Crippen LogP contribution >= 0.6 is 11.3 Å². The van der Waals surface area contributed by atoms with E-state index < -0.39 is 23.6 Å². The number of aliphatic hydroxyl groups is 1. The van der Waals surface area contributed by atoms with Gasteiger partial charge < -0.3 is 40.5 Å². The summed E-state index contributed by atoms with van der Waals surface area (Å²) >= 11 is 1.59. The summed E-state index contributed by atoms with van der Waals surface area (Å²) in [6.45, 7) is 31.8. The molecule has 4 atom stereocenters. The largest absolute Gasteiger partial charge is 0.489 e. The van der Waals surface area contributed by atoms with Crippen molar-refractivity contribution in [1.82, 2.24) is 45.5 Å².